The Kier molecular flexibility index (Phi) is 7.04. The smallest absolute Gasteiger partial charge is 0.418 e. The Morgan fingerprint density at radius 2 is 1.69 bits per heavy atom. The van der Waals surface area contributed by atoms with Crippen molar-refractivity contribution in [1.82, 2.24) is 0 Å². The Hall–Kier alpha value is -2.91. The van der Waals surface area contributed by atoms with E-state index in [0.717, 1.165) is 30.4 Å². The molecule has 0 unspecified atom stereocenters. The fourth-order valence-electron chi connectivity index (χ4n) is 6.20. The van der Waals surface area contributed by atoms with Crippen LogP contribution in [0.3, 0.4) is 0 Å². The van der Waals surface area contributed by atoms with E-state index in [-0.39, 0.29) is 30.9 Å². The Morgan fingerprint density at radius 3 is 2.28 bits per heavy atom. The molecule has 0 amide bonds. The number of carbonyl (C=O) groups is 1. The average molecular weight is 556 g/mol. The number of carbonyl (C=O) groups excluding carboxylic acids is 1. The third-order valence-corrected chi connectivity index (χ3v) is 8.54. The van der Waals surface area contributed by atoms with Gasteiger partial charge in [-0.25, -0.2) is 0 Å². The number of halogens is 6. The van der Waals surface area contributed by atoms with Crippen LogP contribution in [0, 0.1) is 11.8 Å². The summed E-state index contributed by atoms with van der Waals surface area (Å²) in [4.78, 5) is 13.7. The highest BCUT2D eigenvalue weighted by Crippen LogP contribution is 2.49. The van der Waals surface area contributed by atoms with Gasteiger partial charge < -0.3 is 14.4 Å². The second kappa shape index (κ2) is 9.93. The van der Waals surface area contributed by atoms with Crippen molar-refractivity contribution >= 4 is 11.7 Å². The molecule has 2 aromatic rings. The van der Waals surface area contributed by atoms with E-state index in [1.807, 2.05) is 25.1 Å². The molecule has 1 spiro atoms. The van der Waals surface area contributed by atoms with E-state index in [2.05, 4.69) is 0 Å². The van der Waals surface area contributed by atoms with Gasteiger partial charge in [-0.15, -0.1) is 0 Å². The molecule has 212 valence electrons. The molecule has 5 rings (SSSR count). The summed E-state index contributed by atoms with van der Waals surface area (Å²) in [5, 5.41) is 0. The molecule has 3 aliphatic rings. The Morgan fingerprint density at radius 1 is 1.00 bits per heavy atom. The highest BCUT2D eigenvalue weighted by atomic mass is 19.4. The van der Waals surface area contributed by atoms with Crippen molar-refractivity contribution in [2.75, 3.05) is 25.1 Å². The van der Waals surface area contributed by atoms with E-state index >= 15 is 0 Å². The molecule has 1 aliphatic carbocycles. The van der Waals surface area contributed by atoms with Crippen molar-refractivity contribution in [3.8, 4) is 5.75 Å². The average Bonchev–Trinajstić information content (AvgIpc) is 3.72. The van der Waals surface area contributed by atoms with Gasteiger partial charge in [0, 0.05) is 31.6 Å². The molecule has 1 saturated carbocycles. The van der Waals surface area contributed by atoms with Crippen LogP contribution in [0.25, 0.3) is 0 Å². The van der Waals surface area contributed by atoms with E-state index in [1.54, 1.807) is 0 Å². The Balaban J connectivity index is 1.36. The van der Waals surface area contributed by atoms with Crippen molar-refractivity contribution in [2.24, 2.45) is 11.8 Å². The lowest BCUT2D eigenvalue weighted by Gasteiger charge is -2.46. The van der Waals surface area contributed by atoms with Gasteiger partial charge in [-0.3, -0.25) is 4.79 Å². The maximum absolute atomic E-state index is 13.7. The topological polar surface area (TPSA) is 38.8 Å². The molecule has 2 aromatic carbocycles. The lowest BCUT2D eigenvalue weighted by molar-refractivity contribution is -0.146. The number of hydrogen-bond acceptors (Lipinski definition) is 4. The van der Waals surface area contributed by atoms with Crippen LogP contribution < -0.4 is 9.64 Å². The summed E-state index contributed by atoms with van der Waals surface area (Å²) in [6.45, 7) is 2.16. The largest absolute Gasteiger partial charge is 0.487 e. The third kappa shape index (κ3) is 5.57. The van der Waals surface area contributed by atoms with Crippen LogP contribution >= 0.6 is 0 Å². The predicted molar refractivity (Wildman–Crippen MR) is 133 cm³/mol. The van der Waals surface area contributed by atoms with Gasteiger partial charge in [-0.1, -0.05) is 19.1 Å². The van der Waals surface area contributed by atoms with Crippen LogP contribution in [-0.4, -0.2) is 31.8 Å². The molecule has 0 N–H and O–H groups in total. The fourth-order valence-corrected chi connectivity index (χ4v) is 6.20. The fraction of sp³-hybridized carbons (Fsp3) is 0.552. The Labute approximate surface area is 223 Å². The maximum Gasteiger partial charge on any atom is 0.418 e. The van der Waals surface area contributed by atoms with Gasteiger partial charge >= 0.3 is 18.3 Å². The molecule has 0 aromatic heterocycles. The number of piperidine rings is 1. The normalized spacial score (nSPS) is 20.7. The van der Waals surface area contributed by atoms with Gasteiger partial charge in [-0.2, -0.15) is 26.3 Å². The molecule has 2 fully saturated rings. The van der Waals surface area contributed by atoms with E-state index in [0.29, 0.717) is 49.1 Å². The van der Waals surface area contributed by atoms with Gasteiger partial charge in [0.05, 0.1) is 24.2 Å². The molecule has 1 saturated heterocycles. The van der Waals surface area contributed by atoms with E-state index in [4.69, 9.17) is 9.47 Å². The molecule has 2 heterocycles. The molecular formula is C29H31F6NO3. The van der Waals surface area contributed by atoms with Crippen LogP contribution in [-0.2, 0) is 28.3 Å². The lowest BCUT2D eigenvalue weighted by Crippen LogP contribution is -2.50. The van der Waals surface area contributed by atoms with E-state index in [9.17, 15) is 31.1 Å². The molecule has 0 bridgehead atoms. The quantitative estimate of drug-likeness (QED) is 0.285. The number of alkyl halides is 6. The molecular weight excluding hydrogens is 524 g/mol. The van der Waals surface area contributed by atoms with Crippen molar-refractivity contribution in [3.63, 3.8) is 0 Å². The highest BCUT2D eigenvalue weighted by Gasteiger charge is 2.44. The first-order valence-electron chi connectivity index (χ1n) is 13.2. The summed E-state index contributed by atoms with van der Waals surface area (Å²) in [7, 11) is 1.38. The van der Waals surface area contributed by atoms with Gasteiger partial charge in [-0.05, 0) is 72.9 Å². The number of hydrogen-bond donors (Lipinski definition) is 0. The first kappa shape index (κ1) is 27.6. The zero-order valence-corrected chi connectivity index (χ0v) is 21.8. The summed E-state index contributed by atoms with van der Waals surface area (Å²) in [5.41, 5.74) is -1.20. The number of rotatable bonds is 5. The second-order valence-corrected chi connectivity index (χ2v) is 11.0. The third-order valence-electron chi connectivity index (χ3n) is 8.54. The second-order valence-electron chi connectivity index (χ2n) is 11.0. The molecule has 2 atom stereocenters. The molecule has 0 radical (unpaired) electrons. The maximum atomic E-state index is 13.7. The van der Waals surface area contributed by atoms with Crippen molar-refractivity contribution in [2.45, 2.75) is 69.3 Å². The number of nitrogens with zero attached hydrogens (tertiary/aromatic N) is 1. The van der Waals surface area contributed by atoms with E-state index < -0.39 is 34.8 Å². The van der Waals surface area contributed by atoms with Gasteiger partial charge in [0.15, 0.2) is 0 Å². The number of benzene rings is 2. The van der Waals surface area contributed by atoms with Crippen LogP contribution in [0.2, 0.25) is 0 Å². The minimum Gasteiger partial charge on any atom is -0.487 e. The number of ether oxygens (including phenoxy) is 2. The zero-order valence-electron chi connectivity index (χ0n) is 21.8. The summed E-state index contributed by atoms with van der Waals surface area (Å²) in [6, 6.07) is 7.64. The molecule has 2 aliphatic heterocycles. The van der Waals surface area contributed by atoms with Crippen molar-refractivity contribution < 1.29 is 40.6 Å². The van der Waals surface area contributed by atoms with E-state index in [1.165, 1.54) is 12.0 Å². The van der Waals surface area contributed by atoms with Gasteiger partial charge in [0.1, 0.15) is 11.4 Å². The minimum atomic E-state index is -4.77. The molecule has 39 heavy (non-hydrogen) atoms. The van der Waals surface area contributed by atoms with Crippen LogP contribution in [0.4, 0.5) is 32.0 Å². The van der Waals surface area contributed by atoms with Gasteiger partial charge in [0.25, 0.3) is 0 Å². The summed E-state index contributed by atoms with van der Waals surface area (Å²) < 4.78 is 92.5. The van der Waals surface area contributed by atoms with Crippen molar-refractivity contribution in [1.29, 1.82) is 0 Å². The number of fused-ring (bicyclic) bond motifs is 1. The highest BCUT2D eigenvalue weighted by molar-refractivity contribution is 5.73. The number of esters is 1. The summed E-state index contributed by atoms with van der Waals surface area (Å²) >= 11 is 0. The van der Waals surface area contributed by atoms with Crippen LogP contribution in [0.1, 0.15) is 67.2 Å². The lowest BCUT2D eigenvalue weighted by atomic mass is 9.80. The summed E-state index contributed by atoms with van der Waals surface area (Å²) in [5.74, 6) is 0.546. The van der Waals surface area contributed by atoms with Crippen molar-refractivity contribution in [3.05, 3.63) is 58.7 Å². The SMILES string of the molecule is COC(=O)[C@@H](C)[C@H](c1ccc2c(c1)OC1(CC2)CCN(c2cc(C(F)(F)F)ccc2C(F)(F)F)CC1)C1CC1. The monoisotopic (exact) mass is 555 g/mol. The summed E-state index contributed by atoms with van der Waals surface area (Å²) in [6.07, 6.45) is -5.26. The van der Waals surface area contributed by atoms with Crippen LogP contribution in [0.5, 0.6) is 5.75 Å². The Bertz CT molecular complexity index is 1230. The first-order valence-corrected chi connectivity index (χ1v) is 13.2. The number of aryl methyl sites for hydroxylation is 1. The standard InChI is InChI=1S/C29H31F6NO3/c1-17(26(37)38-2)25(19-4-5-19)20-6-3-18-9-10-27(39-24(18)15-20)11-13-36(14-12-27)23-16-21(28(30,31)32)7-8-22(23)29(33,34)35/h3,6-8,15-17,19,25H,4-5,9-14H2,1-2H3/t17-,25-/m0/s1. The number of anilines is 1. The number of methoxy groups -OCH3 is 1. The predicted octanol–water partition coefficient (Wildman–Crippen LogP) is 7.39. The van der Waals surface area contributed by atoms with Gasteiger partial charge in [0.2, 0.25) is 0 Å². The minimum absolute atomic E-state index is 0.00720. The first-order chi connectivity index (χ1) is 18.3. The molecule has 4 nitrogen and oxygen atoms in total. The van der Waals surface area contributed by atoms with Crippen LogP contribution in [0.15, 0.2) is 36.4 Å². The molecule has 10 heteroatoms. The zero-order chi connectivity index (χ0) is 28.2.